The largest absolute Gasteiger partial charge is 0.480 e. The Labute approximate surface area is 91.4 Å². The Morgan fingerprint density at radius 3 is 2.53 bits per heavy atom. The van der Waals surface area contributed by atoms with E-state index in [4.69, 9.17) is 9.47 Å². The lowest BCUT2D eigenvalue weighted by Crippen LogP contribution is -2.44. The molecule has 86 valence electrons. The molecule has 0 saturated carbocycles. The maximum Gasteiger partial charge on any atom is 0.211 e. The minimum absolute atomic E-state index is 0.108. The molecular formula is C11H20N2O2. The SMILES string of the molecule is CCOC1=CN=C(OCC)[C@H](C(C)C)N1. The molecule has 0 unspecified atom stereocenters. The lowest BCUT2D eigenvalue weighted by Gasteiger charge is -2.27. The van der Waals surface area contributed by atoms with Gasteiger partial charge in [0.1, 0.15) is 6.04 Å². The number of nitrogens with one attached hydrogen (secondary N) is 1. The van der Waals surface area contributed by atoms with Gasteiger partial charge >= 0.3 is 0 Å². The molecule has 0 aromatic heterocycles. The summed E-state index contributed by atoms with van der Waals surface area (Å²) in [5.41, 5.74) is 0. The van der Waals surface area contributed by atoms with E-state index < -0.39 is 0 Å². The quantitative estimate of drug-likeness (QED) is 0.773. The Balaban J connectivity index is 2.72. The molecule has 15 heavy (non-hydrogen) atoms. The van der Waals surface area contributed by atoms with Crippen molar-refractivity contribution in [2.45, 2.75) is 33.7 Å². The Bertz CT molecular complexity index is 259. The molecule has 1 aliphatic heterocycles. The summed E-state index contributed by atoms with van der Waals surface area (Å²) in [6.07, 6.45) is 1.67. The first-order valence-electron chi connectivity index (χ1n) is 5.49. The normalized spacial score (nSPS) is 20.5. The van der Waals surface area contributed by atoms with Crippen LogP contribution in [0.15, 0.2) is 17.1 Å². The average Bonchev–Trinajstić information content (AvgIpc) is 2.21. The molecule has 0 aromatic rings. The van der Waals surface area contributed by atoms with Crippen LogP contribution >= 0.6 is 0 Å². The van der Waals surface area contributed by atoms with Gasteiger partial charge in [-0.2, -0.15) is 0 Å². The van der Waals surface area contributed by atoms with Gasteiger partial charge in [0.25, 0.3) is 0 Å². The van der Waals surface area contributed by atoms with Crippen molar-refractivity contribution in [1.29, 1.82) is 0 Å². The van der Waals surface area contributed by atoms with Crippen molar-refractivity contribution in [2.24, 2.45) is 10.9 Å². The molecule has 1 aliphatic rings. The molecule has 0 bridgehead atoms. The predicted octanol–water partition coefficient (Wildman–Crippen LogP) is 1.88. The van der Waals surface area contributed by atoms with Crippen molar-refractivity contribution in [3.8, 4) is 0 Å². The van der Waals surface area contributed by atoms with Gasteiger partial charge in [0.2, 0.25) is 11.8 Å². The van der Waals surface area contributed by atoms with Crippen LogP contribution in [0, 0.1) is 5.92 Å². The fourth-order valence-corrected chi connectivity index (χ4v) is 1.42. The van der Waals surface area contributed by atoms with E-state index >= 15 is 0 Å². The lowest BCUT2D eigenvalue weighted by molar-refractivity contribution is 0.186. The maximum atomic E-state index is 5.47. The summed E-state index contributed by atoms with van der Waals surface area (Å²) >= 11 is 0. The second kappa shape index (κ2) is 5.63. The molecule has 0 fully saturated rings. The van der Waals surface area contributed by atoms with Crippen LogP contribution in [0.2, 0.25) is 0 Å². The van der Waals surface area contributed by atoms with Crippen molar-refractivity contribution in [3.05, 3.63) is 12.1 Å². The monoisotopic (exact) mass is 212 g/mol. The molecule has 0 aliphatic carbocycles. The van der Waals surface area contributed by atoms with Gasteiger partial charge in [-0.3, -0.25) is 0 Å². The van der Waals surface area contributed by atoms with E-state index in [0.29, 0.717) is 19.1 Å². The van der Waals surface area contributed by atoms with Crippen LogP contribution in [-0.4, -0.2) is 25.2 Å². The number of nitrogens with zero attached hydrogens (tertiary/aromatic N) is 1. The van der Waals surface area contributed by atoms with E-state index in [1.54, 1.807) is 6.20 Å². The summed E-state index contributed by atoms with van der Waals surface area (Å²) in [7, 11) is 0. The molecule has 0 amide bonds. The van der Waals surface area contributed by atoms with Crippen molar-refractivity contribution < 1.29 is 9.47 Å². The van der Waals surface area contributed by atoms with E-state index in [1.165, 1.54) is 0 Å². The summed E-state index contributed by atoms with van der Waals surface area (Å²) < 4.78 is 10.8. The highest BCUT2D eigenvalue weighted by atomic mass is 16.5. The molecule has 0 spiro atoms. The summed E-state index contributed by atoms with van der Waals surface area (Å²) in [5, 5.41) is 3.27. The zero-order valence-electron chi connectivity index (χ0n) is 9.91. The fraction of sp³-hybridized carbons (Fsp3) is 0.727. The first-order valence-corrected chi connectivity index (χ1v) is 5.49. The van der Waals surface area contributed by atoms with E-state index in [-0.39, 0.29) is 6.04 Å². The highest BCUT2D eigenvalue weighted by molar-refractivity contribution is 5.83. The molecule has 1 atom stereocenters. The first-order chi connectivity index (χ1) is 7.19. The fourth-order valence-electron chi connectivity index (χ4n) is 1.42. The number of rotatable bonds is 4. The Morgan fingerprint density at radius 1 is 1.33 bits per heavy atom. The summed E-state index contributed by atoms with van der Waals surface area (Å²) in [4.78, 5) is 4.27. The molecule has 4 heteroatoms. The van der Waals surface area contributed by atoms with Crippen molar-refractivity contribution in [2.75, 3.05) is 13.2 Å². The van der Waals surface area contributed by atoms with Gasteiger partial charge in [0.15, 0.2) is 0 Å². The maximum absolute atomic E-state index is 5.47. The Hall–Kier alpha value is -1.19. The second-order valence-corrected chi connectivity index (χ2v) is 3.69. The molecule has 0 saturated heterocycles. The predicted molar refractivity (Wildman–Crippen MR) is 60.5 cm³/mol. The number of aliphatic imine (C=N–C) groups is 1. The van der Waals surface area contributed by atoms with Gasteiger partial charge in [-0.25, -0.2) is 4.99 Å². The molecule has 1 rings (SSSR count). The molecule has 4 nitrogen and oxygen atoms in total. The summed E-state index contributed by atoms with van der Waals surface area (Å²) in [6.45, 7) is 9.45. The van der Waals surface area contributed by atoms with Crippen molar-refractivity contribution in [1.82, 2.24) is 5.32 Å². The van der Waals surface area contributed by atoms with Gasteiger partial charge in [0.05, 0.1) is 19.4 Å². The number of ether oxygens (including phenoxy) is 2. The van der Waals surface area contributed by atoms with Crippen LogP contribution in [0.5, 0.6) is 0 Å². The topological polar surface area (TPSA) is 42.9 Å². The van der Waals surface area contributed by atoms with E-state index in [2.05, 4.69) is 24.2 Å². The summed E-state index contributed by atoms with van der Waals surface area (Å²) in [5.74, 6) is 1.88. The zero-order chi connectivity index (χ0) is 11.3. The average molecular weight is 212 g/mol. The van der Waals surface area contributed by atoms with Crippen LogP contribution in [-0.2, 0) is 9.47 Å². The van der Waals surface area contributed by atoms with E-state index in [0.717, 1.165) is 11.8 Å². The summed E-state index contributed by atoms with van der Waals surface area (Å²) in [6, 6.07) is 0.108. The smallest absolute Gasteiger partial charge is 0.211 e. The molecule has 0 radical (unpaired) electrons. The van der Waals surface area contributed by atoms with Gasteiger partial charge in [-0.15, -0.1) is 0 Å². The standard InChI is InChI=1S/C11H20N2O2/c1-5-14-9-7-12-11(15-6-2)10(13-9)8(3)4/h7-8,10,13H,5-6H2,1-4H3/t10-/m0/s1. The molecular weight excluding hydrogens is 192 g/mol. The van der Waals surface area contributed by atoms with Crippen molar-refractivity contribution in [3.63, 3.8) is 0 Å². The zero-order valence-corrected chi connectivity index (χ0v) is 9.91. The highest BCUT2D eigenvalue weighted by Gasteiger charge is 2.25. The Morgan fingerprint density at radius 2 is 2.00 bits per heavy atom. The van der Waals surface area contributed by atoms with Crippen LogP contribution in [0.3, 0.4) is 0 Å². The van der Waals surface area contributed by atoms with Crippen LogP contribution in [0.25, 0.3) is 0 Å². The minimum Gasteiger partial charge on any atom is -0.480 e. The van der Waals surface area contributed by atoms with Crippen molar-refractivity contribution >= 4 is 5.90 Å². The molecule has 0 aromatic carbocycles. The van der Waals surface area contributed by atoms with Gasteiger partial charge in [-0.1, -0.05) is 13.8 Å². The first kappa shape index (κ1) is 11.9. The minimum atomic E-state index is 0.108. The number of hydrogen-bond donors (Lipinski definition) is 1. The second-order valence-electron chi connectivity index (χ2n) is 3.69. The van der Waals surface area contributed by atoms with Gasteiger partial charge in [0, 0.05) is 0 Å². The molecule has 1 heterocycles. The van der Waals surface area contributed by atoms with Crippen LogP contribution < -0.4 is 5.32 Å². The number of hydrogen-bond acceptors (Lipinski definition) is 4. The third-order valence-electron chi connectivity index (χ3n) is 2.13. The Kier molecular flexibility index (Phi) is 4.46. The van der Waals surface area contributed by atoms with E-state index in [1.807, 2.05) is 13.8 Å². The van der Waals surface area contributed by atoms with Crippen LogP contribution in [0.1, 0.15) is 27.7 Å². The third kappa shape index (κ3) is 3.15. The van der Waals surface area contributed by atoms with Gasteiger partial charge < -0.3 is 14.8 Å². The highest BCUT2D eigenvalue weighted by Crippen LogP contribution is 2.13. The van der Waals surface area contributed by atoms with E-state index in [9.17, 15) is 0 Å². The molecule has 1 N–H and O–H groups in total. The van der Waals surface area contributed by atoms with Gasteiger partial charge in [-0.05, 0) is 19.8 Å². The third-order valence-corrected chi connectivity index (χ3v) is 2.13. The van der Waals surface area contributed by atoms with Crippen LogP contribution in [0.4, 0.5) is 0 Å². The lowest BCUT2D eigenvalue weighted by atomic mass is 10.0.